The molecule has 0 rings (SSSR count). The summed E-state index contributed by atoms with van der Waals surface area (Å²) in [5.41, 5.74) is 1.89. The Morgan fingerprint density at radius 1 is 1.75 bits per heavy atom. The molecule has 0 aromatic carbocycles. The highest BCUT2D eigenvalue weighted by Crippen LogP contribution is 2.17. The van der Waals surface area contributed by atoms with Gasteiger partial charge in [0.1, 0.15) is 6.61 Å². The molecule has 0 aliphatic carbocycles. The Morgan fingerprint density at radius 3 is 2.92 bits per heavy atom. The highest BCUT2D eigenvalue weighted by Gasteiger charge is 2.01. The highest BCUT2D eigenvalue weighted by molar-refractivity contribution is 7.39. The van der Waals surface area contributed by atoms with Crippen LogP contribution in [0.4, 0.5) is 4.79 Å². The van der Waals surface area contributed by atoms with Crippen LogP contribution in [-0.4, -0.2) is 18.9 Å². The fourth-order valence-corrected chi connectivity index (χ4v) is 0.676. The summed E-state index contributed by atoms with van der Waals surface area (Å²) in [6.07, 6.45) is 1.04. The fourth-order valence-electron chi connectivity index (χ4n) is 0.335. The van der Waals surface area contributed by atoms with E-state index in [2.05, 4.69) is 15.9 Å². The number of hydrogen-bond donors (Lipinski definition) is 1. The number of carbonyl (C=O) groups is 1. The molecule has 6 heteroatoms. The molecule has 0 heterocycles. The third-order valence-electron chi connectivity index (χ3n) is 0.869. The molecule has 0 aromatic heterocycles. The van der Waals surface area contributed by atoms with Crippen LogP contribution in [0.1, 0.15) is 6.92 Å². The second-order valence-corrected chi connectivity index (χ2v) is 3.47. The van der Waals surface area contributed by atoms with E-state index in [1.54, 1.807) is 6.92 Å². The number of carbonyl (C=O) groups excluding carboxylic acids is 1. The molecule has 0 spiro atoms. The van der Waals surface area contributed by atoms with E-state index in [-0.39, 0.29) is 6.61 Å². The third kappa shape index (κ3) is 5.95. The Bertz CT molecular complexity index is 182. The van der Waals surface area contributed by atoms with Gasteiger partial charge in [-0.05, 0) is 0 Å². The fraction of sp³-hybridized carbons (Fsp3) is 0.500. The van der Waals surface area contributed by atoms with Gasteiger partial charge in [-0.15, -0.1) is 0 Å². The van der Waals surface area contributed by atoms with Gasteiger partial charge in [0.25, 0.3) is 0 Å². The van der Waals surface area contributed by atoms with E-state index in [9.17, 15) is 9.36 Å². The van der Waals surface area contributed by atoms with Gasteiger partial charge in [-0.25, -0.2) is 9.42 Å². The van der Waals surface area contributed by atoms with Crippen molar-refractivity contribution in [2.75, 3.05) is 12.8 Å². The first-order chi connectivity index (χ1) is 5.70. The van der Waals surface area contributed by atoms with Crippen molar-refractivity contribution in [1.29, 1.82) is 0 Å². The Kier molecular flexibility index (Phi) is 6.42. The van der Waals surface area contributed by atoms with Gasteiger partial charge in [0, 0.05) is 6.16 Å². The summed E-state index contributed by atoms with van der Waals surface area (Å²) in [6, 6.07) is 0. The predicted molar refractivity (Wildman–Crippen MR) is 45.3 cm³/mol. The first-order valence-corrected chi connectivity index (χ1v) is 4.96. The summed E-state index contributed by atoms with van der Waals surface area (Å²) in [7, 11) is -2.14. The molecule has 0 radical (unpaired) electrons. The molecular weight excluding hydrogens is 181 g/mol. The van der Waals surface area contributed by atoms with Crippen molar-refractivity contribution in [3.8, 4) is 0 Å². The largest absolute Gasteiger partial charge is 0.444 e. The lowest BCUT2D eigenvalue weighted by molar-refractivity contribution is 0.112. The zero-order chi connectivity index (χ0) is 9.40. The zero-order valence-corrected chi connectivity index (χ0v) is 7.83. The van der Waals surface area contributed by atoms with Gasteiger partial charge in [-0.2, -0.15) is 5.48 Å². The average molecular weight is 193 g/mol. The van der Waals surface area contributed by atoms with E-state index >= 15 is 0 Å². The number of rotatable bonds is 5. The van der Waals surface area contributed by atoms with Crippen LogP contribution in [0, 0.1) is 0 Å². The topological polar surface area (TPSA) is 64.6 Å². The number of hydroxylamine groups is 1. The van der Waals surface area contributed by atoms with E-state index in [4.69, 9.17) is 0 Å². The minimum atomic E-state index is -2.14. The van der Waals surface area contributed by atoms with E-state index in [1.807, 2.05) is 5.48 Å². The molecule has 1 N–H and O–H groups in total. The smallest absolute Gasteiger partial charge is 0.431 e. The van der Waals surface area contributed by atoms with Crippen molar-refractivity contribution in [2.45, 2.75) is 6.92 Å². The number of hydrogen-bond acceptors (Lipinski definition) is 4. The van der Waals surface area contributed by atoms with Crippen molar-refractivity contribution < 1.29 is 18.7 Å². The minimum Gasteiger partial charge on any atom is -0.444 e. The number of nitrogens with one attached hydrogen (secondary N) is 1. The van der Waals surface area contributed by atoms with Gasteiger partial charge < -0.3 is 4.74 Å². The molecule has 0 saturated heterocycles. The summed E-state index contributed by atoms with van der Waals surface area (Å²) in [5, 5.41) is 0. The van der Waals surface area contributed by atoms with Crippen molar-refractivity contribution >= 4 is 14.1 Å². The molecule has 1 atom stereocenters. The second-order valence-electron chi connectivity index (χ2n) is 1.82. The maximum Gasteiger partial charge on any atom is 0.431 e. The third-order valence-corrected chi connectivity index (χ3v) is 1.78. The summed E-state index contributed by atoms with van der Waals surface area (Å²) < 4.78 is 19.6. The summed E-state index contributed by atoms with van der Waals surface area (Å²) >= 11 is 0. The minimum absolute atomic E-state index is 0.0995. The normalized spacial score (nSPS) is 11.8. The standard InChI is InChI=1S/C6H12NO4P/c1-3-5-10-6(8)7-11-12(9)4-2/h3,12H,1,4-5H2,2H3,(H,7,8). The average Bonchev–Trinajstić information content (AvgIpc) is 2.10. The van der Waals surface area contributed by atoms with Crippen LogP contribution in [0.5, 0.6) is 0 Å². The van der Waals surface area contributed by atoms with Gasteiger partial charge in [-0.1, -0.05) is 19.6 Å². The van der Waals surface area contributed by atoms with Gasteiger partial charge in [0.2, 0.25) is 8.03 Å². The van der Waals surface area contributed by atoms with Gasteiger partial charge in [-0.3, -0.25) is 4.57 Å². The first kappa shape index (κ1) is 11.2. The molecule has 70 valence electrons. The van der Waals surface area contributed by atoms with Gasteiger partial charge >= 0.3 is 6.09 Å². The van der Waals surface area contributed by atoms with Gasteiger partial charge in [0.15, 0.2) is 0 Å². The molecule has 0 aromatic rings. The lowest BCUT2D eigenvalue weighted by atomic mass is 10.7. The Balaban J connectivity index is 3.43. The second kappa shape index (κ2) is 6.88. The molecule has 1 unspecified atom stereocenters. The van der Waals surface area contributed by atoms with E-state index < -0.39 is 14.1 Å². The Hall–Kier alpha value is -0.800. The molecule has 0 bridgehead atoms. The lowest BCUT2D eigenvalue weighted by Gasteiger charge is -2.03. The van der Waals surface area contributed by atoms with Crippen molar-refractivity contribution in [2.24, 2.45) is 0 Å². The summed E-state index contributed by atoms with van der Waals surface area (Å²) in [6.45, 7) is 5.13. The first-order valence-electron chi connectivity index (χ1n) is 3.44. The zero-order valence-electron chi connectivity index (χ0n) is 6.83. The lowest BCUT2D eigenvalue weighted by Crippen LogP contribution is -2.22. The van der Waals surface area contributed by atoms with Crippen molar-refractivity contribution in [3.63, 3.8) is 0 Å². The van der Waals surface area contributed by atoms with Crippen LogP contribution >= 0.6 is 8.03 Å². The van der Waals surface area contributed by atoms with Crippen LogP contribution < -0.4 is 5.48 Å². The van der Waals surface area contributed by atoms with Crippen LogP contribution in [-0.2, 0) is 13.9 Å². The molecule has 5 nitrogen and oxygen atoms in total. The van der Waals surface area contributed by atoms with Crippen molar-refractivity contribution in [1.82, 2.24) is 5.48 Å². The van der Waals surface area contributed by atoms with E-state index in [1.165, 1.54) is 6.08 Å². The molecular formula is C6H12NO4P. The molecule has 0 saturated carbocycles. The monoisotopic (exact) mass is 193 g/mol. The molecule has 1 amide bonds. The van der Waals surface area contributed by atoms with Crippen LogP contribution in [0.15, 0.2) is 12.7 Å². The molecule has 0 fully saturated rings. The Labute approximate surface area is 71.6 Å². The van der Waals surface area contributed by atoms with Crippen LogP contribution in [0.2, 0.25) is 0 Å². The quantitative estimate of drug-likeness (QED) is 0.406. The van der Waals surface area contributed by atoms with E-state index in [0.717, 1.165) is 0 Å². The van der Waals surface area contributed by atoms with Gasteiger partial charge in [0.05, 0.1) is 0 Å². The molecule has 0 aliphatic rings. The van der Waals surface area contributed by atoms with E-state index in [0.29, 0.717) is 6.16 Å². The van der Waals surface area contributed by atoms with Crippen LogP contribution in [0.25, 0.3) is 0 Å². The maximum atomic E-state index is 10.7. The van der Waals surface area contributed by atoms with Crippen molar-refractivity contribution in [3.05, 3.63) is 12.7 Å². The maximum absolute atomic E-state index is 10.7. The highest BCUT2D eigenvalue weighted by atomic mass is 31.1. The predicted octanol–water partition coefficient (Wildman–Crippen LogP) is 1.32. The summed E-state index contributed by atoms with van der Waals surface area (Å²) in [5.74, 6) is 0. The molecule has 0 aliphatic heterocycles. The summed E-state index contributed by atoms with van der Waals surface area (Å²) in [4.78, 5) is 10.6. The SMILES string of the molecule is C=CCOC(=O)NO[PH](=O)CC. The number of amides is 1. The molecule has 12 heavy (non-hydrogen) atoms. The Morgan fingerprint density at radius 2 is 2.42 bits per heavy atom. The van der Waals surface area contributed by atoms with Crippen LogP contribution in [0.3, 0.4) is 0 Å². The number of ether oxygens (including phenoxy) is 1.